The zero-order valence-electron chi connectivity index (χ0n) is 11.9. The van der Waals surface area contributed by atoms with E-state index < -0.39 is 23.8 Å². The summed E-state index contributed by atoms with van der Waals surface area (Å²) in [6.45, 7) is 8.49. The number of Topliss-reactive ketones (excluding diaryl/α,β-unsaturated/α-hetero) is 1. The predicted octanol–water partition coefficient (Wildman–Crippen LogP) is 0.875. The maximum atomic E-state index is 12.6. The van der Waals surface area contributed by atoms with Crippen LogP contribution in [0.2, 0.25) is 0 Å². The molecule has 0 aliphatic carbocycles. The molecule has 0 bridgehead atoms. The minimum absolute atomic E-state index is 0.0846. The molecular weight excluding hydrogens is 252 g/mol. The van der Waals surface area contributed by atoms with Gasteiger partial charge in [-0.3, -0.25) is 4.79 Å². The van der Waals surface area contributed by atoms with Crippen LogP contribution >= 0.6 is 0 Å². The third-order valence-corrected chi connectivity index (χ3v) is 3.20. The lowest BCUT2D eigenvalue weighted by atomic mass is 9.99. The van der Waals surface area contributed by atoms with E-state index >= 15 is 0 Å². The van der Waals surface area contributed by atoms with Crippen molar-refractivity contribution in [1.29, 1.82) is 0 Å². The summed E-state index contributed by atoms with van der Waals surface area (Å²) in [4.78, 5) is 12.6. The van der Waals surface area contributed by atoms with E-state index in [9.17, 15) is 4.79 Å². The molecule has 1 spiro atoms. The summed E-state index contributed by atoms with van der Waals surface area (Å²) in [7, 11) is 0. The lowest BCUT2D eigenvalue weighted by Gasteiger charge is -2.39. The molecule has 2 fully saturated rings. The maximum absolute atomic E-state index is 12.6. The summed E-state index contributed by atoms with van der Waals surface area (Å²) >= 11 is 0. The molecule has 0 N–H and O–H groups in total. The highest BCUT2D eigenvalue weighted by molar-refractivity contribution is 5.91. The number of carbonyl (C=O) groups is 1. The van der Waals surface area contributed by atoms with Gasteiger partial charge in [0.05, 0.1) is 6.61 Å². The Balaban J connectivity index is 2.16. The van der Waals surface area contributed by atoms with Gasteiger partial charge < -0.3 is 23.7 Å². The second-order valence-electron chi connectivity index (χ2n) is 5.09. The third-order valence-electron chi connectivity index (χ3n) is 3.20. The normalized spacial score (nSPS) is 38.0. The van der Waals surface area contributed by atoms with Crippen molar-refractivity contribution in [3.8, 4) is 0 Å². The molecule has 0 saturated carbocycles. The molecule has 6 nitrogen and oxygen atoms in total. The molecule has 19 heavy (non-hydrogen) atoms. The molecule has 110 valence electrons. The van der Waals surface area contributed by atoms with Gasteiger partial charge in [-0.25, -0.2) is 0 Å². The third kappa shape index (κ3) is 2.83. The number of ketones is 1. The number of ether oxygens (including phenoxy) is 5. The summed E-state index contributed by atoms with van der Waals surface area (Å²) in [5, 5.41) is 0. The van der Waals surface area contributed by atoms with Crippen molar-refractivity contribution in [2.75, 3.05) is 26.4 Å². The number of rotatable bonds is 4. The summed E-state index contributed by atoms with van der Waals surface area (Å²) in [6, 6.07) is 0. The Hall–Kier alpha value is -0.530. The van der Waals surface area contributed by atoms with Crippen molar-refractivity contribution in [2.45, 2.75) is 51.5 Å². The topological polar surface area (TPSA) is 63.2 Å². The number of hydrogen-bond acceptors (Lipinski definition) is 6. The largest absolute Gasteiger partial charge is 0.373 e. The first-order valence-corrected chi connectivity index (χ1v) is 6.69. The molecule has 2 aliphatic rings. The van der Waals surface area contributed by atoms with Gasteiger partial charge in [0.2, 0.25) is 5.78 Å². The predicted molar refractivity (Wildman–Crippen MR) is 65.6 cm³/mol. The van der Waals surface area contributed by atoms with Crippen LogP contribution in [0.1, 0.15) is 27.7 Å². The molecule has 0 radical (unpaired) electrons. The molecule has 2 aliphatic heterocycles. The van der Waals surface area contributed by atoms with Crippen molar-refractivity contribution >= 4 is 5.78 Å². The molecule has 0 aromatic heterocycles. The van der Waals surface area contributed by atoms with E-state index in [2.05, 4.69) is 0 Å². The standard InChI is InChI=1S/C13H22O6/c1-5-15-9-7-17-13(8-18-12(3,4)19-13)11(14)10(9)16-6-2/h9-10H,5-8H2,1-4H3. The molecular formula is C13H22O6. The van der Waals surface area contributed by atoms with Gasteiger partial charge in [0.1, 0.15) is 18.8 Å². The summed E-state index contributed by atoms with van der Waals surface area (Å²) in [5.74, 6) is -2.44. The molecule has 6 heteroatoms. The highest BCUT2D eigenvalue weighted by atomic mass is 16.8. The van der Waals surface area contributed by atoms with Crippen molar-refractivity contribution in [3.63, 3.8) is 0 Å². The van der Waals surface area contributed by atoms with Crippen LogP contribution in [0.5, 0.6) is 0 Å². The fraction of sp³-hybridized carbons (Fsp3) is 0.923. The summed E-state index contributed by atoms with van der Waals surface area (Å²) in [6.07, 6.45) is -1.06. The minimum Gasteiger partial charge on any atom is -0.373 e. The van der Waals surface area contributed by atoms with Crippen LogP contribution < -0.4 is 0 Å². The van der Waals surface area contributed by atoms with E-state index in [-0.39, 0.29) is 19.0 Å². The second kappa shape index (κ2) is 5.46. The van der Waals surface area contributed by atoms with Crippen LogP contribution in [0, 0.1) is 0 Å². The summed E-state index contributed by atoms with van der Waals surface area (Å²) < 4.78 is 27.8. The van der Waals surface area contributed by atoms with Gasteiger partial charge in [0.15, 0.2) is 5.79 Å². The smallest absolute Gasteiger partial charge is 0.258 e. The van der Waals surface area contributed by atoms with Crippen LogP contribution in [0.15, 0.2) is 0 Å². The highest BCUT2D eigenvalue weighted by Gasteiger charge is 2.58. The zero-order valence-corrected chi connectivity index (χ0v) is 11.9. The zero-order chi connectivity index (χ0) is 14.1. The molecule has 2 rings (SSSR count). The van der Waals surface area contributed by atoms with Crippen molar-refractivity contribution in [1.82, 2.24) is 0 Å². The average molecular weight is 274 g/mol. The van der Waals surface area contributed by atoms with Crippen LogP contribution in [0.25, 0.3) is 0 Å². The monoisotopic (exact) mass is 274 g/mol. The van der Waals surface area contributed by atoms with Gasteiger partial charge in [-0.05, 0) is 27.7 Å². The fourth-order valence-electron chi connectivity index (χ4n) is 2.39. The Labute approximate surface area is 113 Å². The van der Waals surface area contributed by atoms with Crippen molar-refractivity contribution in [2.24, 2.45) is 0 Å². The van der Waals surface area contributed by atoms with Gasteiger partial charge >= 0.3 is 0 Å². The molecule has 2 saturated heterocycles. The van der Waals surface area contributed by atoms with E-state index in [1.165, 1.54) is 0 Å². The van der Waals surface area contributed by atoms with Gasteiger partial charge in [-0.15, -0.1) is 0 Å². The maximum Gasteiger partial charge on any atom is 0.258 e. The Morgan fingerprint density at radius 1 is 1.21 bits per heavy atom. The molecule has 0 aromatic carbocycles. The first-order chi connectivity index (χ1) is 8.94. The minimum atomic E-state index is -1.35. The molecule has 0 amide bonds. The first kappa shape index (κ1) is 14.9. The van der Waals surface area contributed by atoms with Crippen LogP contribution in [0.3, 0.4) is 0 Å². The lowest BCUT2D eigenvalue weighted by molar-refractivity contribution is -0.277. The Bertz CT molecular complexity index is 342. The van der Waals surface area contributed by atoms with Gasteiger partial charge in [-0.2, -0.15) is 0 Å². The first-order valence-electron chi connectivity index (χ1n) is 6.69. The van der Waals surface area contributed by atoms with E-state index in [0.29, 0.717) is 13.2 Å². The Morgan fingerprint density at radius 3 is 2.42 bits per heavy atom. The van der Waals surface area contributed by atoms with Crippen LogP contribution in [-0.2, 0) is 28.5 Å². The number of carbonyl (C=O) groups excluding carboxylic acids is 1. The molecule has 0 aromatic rings. The summed E-state index contributed by atoms with van der Waals surface area (Å²) in [5.41, 5.74) is 0. The molecule has 2 heterocycles. The lowest BCUT2D eigenvalue weighted by Crippen LogP contribution is -2.61. The Morgan fingerprint density at radius 2 is 1.89 bits per heavy atom. The fourth-order valence-corrected chi connectivity index (χ4v) is 2.39. The van der Waals surface area contributed by atoms with Gasteiger partial charge in [0, 0.05) is 13.2 Å². The molecule has 3 unspecified atom stereocenters. The van der Waals surface area contributed by atoms with E-state index in [0.717, 1.165) is 0 Å². The van der Waals surface area contributed by atoms with E-state index in [1.54, 1.807) is 13.8 Å². The number of hydrogen-bond donors (Lipinski definition) is 0. The highest BCUT2D eigenvalue weighted by Crippen LogP contribution is 2.37. The van der Waals surface area contributed by atoms with E-state index in [1.807, 2.05) is 13.8 Å². The Kier molecular flexibility index (Phi) is 4.27. The SMILES string of the molecule is CCOC1COC2(COC(C)(C)O2)C(=O)C1OCC. The molecule has 3 atom stereocenters. The van der Waals surface area contributed by atoms with Crippen LogP contribution in [-0.4, -0.2) is 56.0 Å². The van der Waals surface area contributed by atoms with Crippen molar-refractivity contribution in [3.05, 3.63) is 0 Å². The van der Waals surface area contributed by atoms with Crippen molar-refractivity contribution < 1.29 is 28.5 Å². The quantitative estimate of drug-likeness (QED) is 0.758. The average Bonchev–Trinajstić information content (AvgIpc) is 2.66. The second-order valence-corrected chi connectivity index (χ2v) is 5.09. The van der Waals surface area contributed by atoms with Gasteiger partial charge in [-0.1, -0.05) is 0 Å². The van der Waals surface area contributed by atoms with E-state index in [4.69, 9.17) is 23.7 Å². The van der Waals surface area contributed by atoms with Crippen LogP contribution in [0.4, 0.5) is 0 Å². The van der Waals surface area contributed by atoms with Gasteiger partial charge in [0.25, 0.3) is 5.79 Å².